The Bertz CT molecular complexity index is 412. The summed E-state index contributed by atoms with van der Waals surface area (Å²) in [6, 6.07) is 0.602. The minimum Gasteiger partial charge on any atom is -0.385 e. The molecule has 1 saturated heterocycles. The number of nitrogens with one attached hydrogen (secondary N) is 2. The molecule has 2 fully saturated rings. The summed E-state index contributed by atoms with van der Waals surface area (Å²) in [5.74, 6) is 0. The average Bonchev–Trinajstić information content (AvgIpc) is 3.27. The molecule has 2 atom stereocenters. The number of hydrogen-bond donors (Lipinski definition) is 2. The van der Waals surface area contributed by atoms with Crippen LogP contribution >= 0.6 is 0 Å². The Morgan fingerprint density at radius 3 is 2.71 bits per heavy atom. The second-order valence-corrected chi connectivity index (χ2v) is 7.90. The SMILES string of the molecule is COCCC(C)NS(=O)(=O)N1CCCCC1CNC1CC1. The van der Waals surface area contributed by atoms with E-state index in [1.54, 1.807) is 11.4 Å². The lowest BCUT2D eigenvalue weighted by molar-refractivity contribution is 0.186. The van der Waals surface area contributed by atoms with Crippen LogP contribution in [0.15, 0.2) is 0 Å². The van der Waals surface area contributed by atoms with E-state index in [2.05, 4.69) is 10.0 Å². The zero-order chi connectivity index (χ0) is 15.3. The van der Waals surface area contributed by atoms with Gasteiger partial charge in [0.05, 0.1) is 0 Å². The van der Waals surface area contributed by atoms with Gasteiger partial charge in [-0.3, -0.25) is 0 Å². The summed E-state index contributed by atoms with van der Waals surface area (Å²) in [4.78, 5) is 0. The Morgan fingerprint density at radius 1 is 1.29 bits per heavy atom. The molecule has 2 rings (SSSR count). The van der Waals surface area contributed by atoms with Crippen molar-refractivity contribution in [3.8, 4) is 0 Å². The maximum Gasteiger partial charge on any atom is 0.279 e. The zero-order valence-corrected chi connectivity index (χ0v) is 14.0. The number of rotatable bonds is 9. The third-order valence-electron chi connectivity index (χ3n) is 4.21. The first-order valence-electron chi connectivity index (χ1n) is 8.04. The molecule has 0 spiro atoms. The summed E-state index contributed by atoms with van der Waals surface area (Å²) < 4.78 is 34.6. The molecule has 21 heavy (non-hydrogen) atoms. The first-order chi connectivity index (χ1) is 10.0. The molecule has 0 aromatic rings. The van der Waals surface area contributed by atoms with Crippen molar-refractivity contribution < 1.29 is 13.2 Å². The van der Waals surface area contributed by atoms with Gasteiger partial charge in [0.15, 0.2) is 0 Å². The summed E-state index contributed by atoms with van der Waals surface area (Å²) in [6.07, 6.45) is 6.16. The molecule has 0 radical (unpaired) electrons. The standard InChI is InChI=1S/C14H29N3O3S/c1-12(8-10-20-2)16-21(18,19)17-9-4-3-5-14(17)11-15-13-6-7-13/h12-16H,3-11H2,1-2H3. The fourth-order valence-corrected chi connectivity index (χ4v) is 4.46. The third-order valence-corrected chi connectivity index (χ3v) is 6.00. The lowest BCUT2D eigenvalue weighted by atomic mass is 10.1. The molecule has 2 N–H and O–H groups in total. The van der Waals surface area contributed by atoms with Gasteiger partial charge < -0.3 is 10.1 Å². The van der Waals surface area contributed by atoms with E-state index in [1.165, 1.54) is 12.8 Å². The van der Waals surface area contributed by atoms with Crippen LogP contribution in [0.3, 0.4) is 0 Å². The van der Waals surface area contributed by atoms with Crippen LogP contribution in [-0.2, 0) is 14.9 Å². The van der Waals surface area contributed by atoms with Gasteiger partial charge in [-0.1, -0.05) is 6.42 Å². The molecule has 1 saturated carbocycles. The van der Waals surface area contributed by atoms with E-state index in [0.29, 0.717) is 25.6 Å². The molecule has 1 aliphatic heterocycles. The Morgan fingerprint density at radius 2 is 2.05 bits per heavy atom. The minimum absolute atomic E-state index is 0.0893. The van der Waals surface area contributed by atoms with Crippen LogP contribution in [0.25, 0.3) is 0 Å². The average molecular weight is 319 g/mol. The summed E-state index contributed by atoms with van der Waals surface area (Å²) in [6.45, 7) is 3.86. The summed E-state index contributed by atoms with van der Waals surface area (Å²) in [5.41, 5.74) is 0. The smallest absolute Gasteiger partial charge is 0.279 e. The second kappa shape index (κ2) is 7.87. The number of nitrogens with zero attached hydrogens (tertiary/aromatic N) is 1. The second-order valence-electron chi connectivity index (χ2n) is 6.25. The van der Waals surface area contributed by atoms with Crippen molar-refractivity contribution >= 4 is 10.2 Å². The molecule has 7 heteroatoms. The van der Waals surface area contributed by atoms with E-state index >= 15 is 0 Å². The normalized spacial score (nSPS) is 25.9. The van der Waals surface area contributed by atoms with Gasteiger partial charge in [-0.15, -0.1) is 0 Å². The van der Waals surface area contributed by atoms with E-state index in [-0.39, 0.29) is 12.1 Å². The Labute approximate surface area is 128 Å². The quantitative estimate of drug-likeness (QED) is 0.661. The molecule has 6 nitrogen and oxygen atoms in total. The van der Waals surface area contributed by atoms with Gasteiger partial charge in [0.25, 0.3) is 10.2 Å². The molecular weight excluding hydrogens is 290 g/mol. The van der Waals surface area contributed by atoms with Gasteiger partial charge in [0, 0.05) is 44.9 Å². The van der Waals surface area contributed by atoms with Crippen LogP contribution in [-0.4, -0.2) is 57.7 Å². The molecule has 0 aromatic heterocycles. The minimum atomic E-state index is -3.40. The molecular formula is C14H29N3O3S. The monoisotopic (exact) mass is 319 g/mol. The first-order valence-corrected chi connectivity index (χ1v) is 9.48. The number of methoxy groups -OCH3 is 1. The molecule has 1 aliphatic carbocycles. The van der Waals surface area contributed by atoms with Gasteiger partial charge in [-0.25, -0.2) is 0 Å². The fraction of sp³-hybridized carbons (Fsp3) is 1.00. The molecule has 0 bridgehead atoms. The van der Waals surface area contributed by atoms with Gasteiger partial charge in [-0.2, -0.15) is 17.4 Å². The van der Waals surface area contributed by atoms with Crippen LogP contribution in [0.5, 0.6) is 0 Å². The van der Waals surface area contributed by atoms with Crippen molar-refractivity contribution in [1.29, 1.82) is 0 Å². The van der Waals surface area contributed by atoms with Gasteiger partial charge >= 0.3 is 0 Å². The van der Waals surface area contributed by atoms with Crippen LogP contribution in [0, 0.1) is 0 Å². The van der Waals surface area contributed by atoms with Crippen molar-refractivity contribution in [3.63, 3.8) is 0 Å². The Balaban J connectivity index is 1.90. The largest absolute Gasteiger partial charge is 0.385 e. The Kier molecular flexibility index (Phi) is 6.43. The lowest BCUT2D eigenvalue weighted by Crippen LogP contribution is -2.54. The van der Waals surface area contributed by atoms with Crippen molar-refractivity contribution in [1.82, 2.24) is 14.3 Å². The van der Waals surface area contributed by atoms with Crippen molar-refractivity contribution in [2.75, 3.05) is 26.8 Å². The predicted molar refractivity (Wildman–Crippen MR) is 83.4 cm³/mol. The summed E-state index contributed by atoms with van der Waals surface area (Å²) in [7, 11) is -1.77. The van der Waals surface area contributed by atoms with E-state index in [4.69, 9.17) is 4.74 Å². The molecule has 2 unspecified atom stereocenters. The van der Waals surface area contributed by atoms with Crippen LogP contribution in [0.2, 0.25) is 0 Å². The van der Waals surface area contributed by atoms with E-state index in [1.807, 2.05) is 6.92 Å². The first kappa shape index (κ1) is 17.1. The van der Waals surface area contributed by atoms with Gasteiger partial charge in [0.1, 0.15) is 0 Å². The van der Waals surface area contributed by atoms with E-state index in [9.17, 15) is 8.42 Å². The van der Waals surface area contributed by atoms with E-state index in [0.717, 1.165) is 25.8 Å². The maximum absolute atomic E-state index is 12.6. The molecule has 2 aliphatic rings. The Hall–Kier alpha value is -0.210. The fourth-order valence-electron chi connectivity index (χ4n) is 2.76. The summed E-state index contributed by atoms with van der Waals surface area (Å²) >= 11 is 0. The third kappa shape index (κ3) is 5.49. The van der Waals surface area contributed by atoms with Crippen molar-refractivity contribution in [3.05, 3.63) is 0 Å². The lowest BCUT2D eigenvalue weighted by Gasteiger charge is -2.35. The predicted octanol–water partition coefficient (Wildman–Crippen LogP) is 0.852. The molecule has 1 heterocycles. The van der Waals surface area contributed by atoms with Crippen molar-refractivity contribution in [2.24, 2.45) is 0 Å². The van der Waals surface area contributed by atoms with Gasteiger partial charge in [0.2, 0.25) is 0 Å². The molecule has 0 aromatic carbocycles. The van der Waals surface area contributed by atoms with E-state index < -0.39 is 10.2 Å². The van der Waals surface area contributed by atoms with Crippen LogP contribution in [0.4, 0.5) is 0 Å². The highest BCUT2D eigenvalue weighted by Gasteiger charge is 2.34. The van der Waals surface area contributed by atoms with Crippen LogP contribution < -0.4 is 10.0 Å². The molecule has 0 amide bonds. The highest BCUT2D eigenvalue weighted by atomic mass is 32.2. The number of ether oxygens (including phenoxy) is 1. The van der Waals surface area contributed by atoms with Crippen LogP contribution in [0.1, 0.15) is 45.4 Å². The number of hydrogen-bond acceptors (Lipinski definition) is 4. The van der Waals surface area contributed by atoms with Crippen molar-refractivity contribution in [2.45, 2.75) is 63.6 Å². The highest BCUT2D eigenvalue weighted by Crippen LogP contribution is 2.23. The topological polar surface area (TPSA) is 70.7 Å². The summed E-state index contributed by atoms with van der Waals surface area (Å²) in [5, 5.41) is 3.46. The number of piperidine rings is 1. The van der Waals surface area contributed by atoms with Gasteiger partial charge in [-0.05, 0) is 39.0 Å². The molecule has 124 valence electrons. The maximum atomic E-state index is 12.6. The zero-order valence-electron chi connectivity index (χ0n) is 13.2. The highest BCUT2D eigenvalue weighted by molar-refractivity contribution is 7.87.